The van der Waals surface area contributed by atoms with E-state index >= 15 is 0 Å². The smallest absolute Gasteiger partial charge is 0.343 e. The molecule has 9 nitrogen and oxygen atoms in total. The molecular weight excluding hydrogens is 442 g/mol. The van der Waals surface area contributed by atoms with Gasteiger partial charge in [-0.3, -0.25) is 0 Å². The van der Waals surface area contributed by atoms with Gasteiger partial charge in [0.1, 0.15) is 29.6 Å². The van der Waals surface area contributed by atoms with E-state index < -0.39 is 11.7 Å². The predicted molar refractivity (Wildman–Crippen MR) is 137 cm³/mol. The molecule has 1 unspecified atom stereocenters. The summed E-state index contributed by atoms with van der Waals surface area (Å²) in [6.45, 7) is 1.86. The standard InChI is InChI=1S/C26H21N7O2/c1-15(33-25-21(24(29)30-14-31-25)22(32-33)17(13-28)11-12-27)23-20(16-7-3-2-4-8-16)18-9-5-6-10-19(18)26(34)35-23/h2-15,27-28H,1H3,(H2,29,30,31)/b17-11+,27-12?,28-13?. The normalized spacial score (nSPS) is 12.7. The Balaban J connectivity index is 1.84. The highest BCUT2D eigenvalue weighted by Crippen LogP contribution is 2.37. The topological polar surface area (TPSA) is 148 Å². The van der Waals surface area contributed by atoms with E-state index in [4.69, 9.17) is 26.1 Å². The number of hydrogen-bond donors (Lipinski definition) is 3. The molecule has 0 aliphatic rings. The molecule has 3 aromatic heterocycles. The SMILES string of the molecule is CC(c1oc(=O)c2ccccc2c1-c1ccccc1)n1nc(/C(C=N)=C/C=N)c2c(N)ncnc21. The van der Waals surface area contributed by atoms with Gasteiger partial charge in [-0.15, -0.1) is 0 Å². The monoisotopic (exact) mass is 463 g/mol. The molecule has 3 heterocycles. The van der Waals surface area contributed by atoms with Crippen LogP contribution in [0, 0.1) is 10.8 Å². The minimum Gasteiger partial charge on any atom is -0.424 e. The average Bonchev–Trinajstić information content (AvgIpc) is 3.28. The van der Waals surface area contributed by atoms with Crippen molar-refractivity contribution in [3.8, 4) is 11.1 Å². The van der Waals surface area contributed by atoms with E-state index in [1.807, 2.05) is 49.4 Å². The number of benzene rings is 2. The maximum absolute atomic E-state index is 13.0. The van der Waals surface area contributed by atoms with E-state index in [0.29, 0.717) is 33.4 Å². The van der Waals surface area contributed by atoms with Crippen LogP contribution in [0.4, 0.5) is 5.82 Å². The Hall–Kier alpha value is -4.92. The number of nitrogens with zero attached hydrogens (tertiary/aromatic N) is 4. The highest BCUT2D eigenvalue weighted by Gasteiger charge is 2.26. The van der Waals surface area contributed by atoms with Crippen molar-refractivity contribution in [3.63, 3.8) is 0 Å². The number of nitrogen functional groups attached to an aromatic ring is 1. The number of nitrogens with two attached hydrogens (primary N) is 1. The second-order valence-electron chi connectivity index (χ2n) is 7.90. The molecule has 2 aromatic carbocycles. The van der Waals surface area contributed by atoms with Crippen molar-refractivity contribution < 1.29 is 4.42 Å². The van der Waals surface area contributed by atoms with Gasteiger partial charge >= 0.3 is 5.63 Å². The van der Waals surface area contributed by atoms with Crippen molar-refractivity contribution in [2.75, 3.05) is 5.73 Å². The zero-order valence-corrected chi connectivity index (χ0v) is 18.8. The molecule has 9 heteroatoms. The van der Waals surface area contributed by atoms with Crippen molar-refractivity contribution in [3.05, 3.63) is 88.9 Å². The minimum atomic E-state index is -0.569. The van der Waals surface area contributed by atoms with Crippen molar-refractivity contribution in [2.24, 2.45) is 0 Å². The molecule has 0 aliphatic heterocycles. The molecule has 0 amide bonds. The van der Waals surface area contributed by atoms with Gasteiger partial charge in [0.15, 0.2) is 5.65 Å². The molecule has 0 saturated carbocycles. The Labute approximate surface area is 199 Å². The van der Waals surface area contributed by atoms with Crippen molar-refractivity contribution in [1.29, 1.82) is 10.8 Å². The largest absolute Gasteiger partial charge is 0.424 e. The Morgan fingerprint density at radius 3 is 2.49 bits per heavy atom. The molecule has 35 heavy (non-hydrogen) atoms. The fraction of sp³-hybridized carbons (Fsp3) is 0.0769. The van der Waals surface area contributed by atoms with Crippen LogP contribution >= 0.6 is 0 Å². The molecular formula is C26H21N7O2. The van der Waals surface area contributed by atoms with Gasteiger partial charge in [-0.1, -0.05) is 48.5 Å². The molecule has 5 aromatic rings. The van der Waals surface area contributed by atoms with E-state index in [1.54, 1.807) is 16.8 Å². The fourth-order valence-corrected chi connectivity index (χ4v) is 4.28. The van der Waals surface area contributed by atoms with Crippen molar-refractivity contribution in [1.82, 2.24) is 19.7 Å². The first kappa shape index (κ1) is 21.9. The van der Waals surface area contributed by atoms with Gasteiger partial charge in [0.05, 0.1) is 10.8 Å². The number of nitrogens with one attached hydrogen (secondary N) is 2. The highest BCUT2D eigenvalue weighted by molar-refractivity contribution is 6.16. The summed E-state index contributed by atoms with van der Waals surface area (Å²) in [6, 6.07) is 16.5. The first-order valence-corrected chi connectivity index (χ1v) is 10.9. The third-order valence-corrected chi connectivity index (χ3v) is 5.88. The quantitative estimate of drug-likeness (QED) is 0.316. The fourth-order valence-electron chi connectivity index (χ4n) is 4.28. The van der Waals surface area contributed by atoms with Gasteiger partial charge in [0.2, 0.25) is 0 Å². The number of allylic oxidation sites excluding steroid dienone is 2. The molecule has 1 atom stereocenters. The van der Waals surface area contributed by atoms with E-state index in [-0.39, 0.29) is 5.82 Å². The van der Waals surface area contributed by atoms with Crippen molar-refractivity contribution in [2.45, 2.75) is 13.0 Å². The molecule has 0 saturated heterocycles. The van der Waals surface area contributed by atoms with Crippen LogP contribution in [0.15, 0.2) is 76.2 Å². The van der Waals surface area contributed by atoms with Crippen LogP contribution in [0.3, 0.4) is 0 Å². The maximum Gasteiger partial charge on any atom is 0.343 e. The van der Waals surface area contributed by atoms with Gasteiger partial charge in [0, 0.05) is 29.0 Å². The van der Waals surface area contributed by atoms with Crippen LogP contribution in [0.25, 0.3) is 38.5 Å². The molecule has 0 aliphatic carbocycles. The summed E-state index contributed by atoms with van der Waals surface area (Å²) in [5.74, 6) is 0.616. The van der Waals surface area contributed by atoms with Gasteiger partial charge < -0.3 is 21.0 Å². The zero-order chi connectivity index (χ0) is 24.5. The van der Waals surface area contributed by atoms with Crippen LogP contribution in [-0.2, 0) is 0 Å². The van der Waals surface area contributed by atoms with Crippen LogP contribution in [0.5, 0.6) is 0 Å². The highest BCUT2D eigenvalue weighted by atomic mass is 16.4. The number of aromatic nitrogens is 4. The summed E-state index contributed by atoms with van der Waals surface area (Å²) in [4.78, 5) is 21.5. The first-order chi connectivity index (χ1) is 17.0. The van der Waals surface area contributed by atoms with Gasteiger partial charge in [-0.05, 0) is 24.6 Å². The van der Waals surface area contributed by atoms with Crippen molar-refractivity contribution >= 4 is 45.6 Å². The lowest BCUT2D eigenvalue weighted by Gasteiger charge is -2.18. The Kier molecular flexibility index (Phi) is 5.50. The molecule has 5 rings (SSSR count). The Morgan fingerprint density at radius 1 is 1.06 bits per heavy atom. The van der Waals surface area contributed by atoms with E-state index in [9.17, 15) is 4.79 Å². The molecule has 0 bridgehead atoms. The van der Waals surface area contributed by atoms with E-state index in [1.165, 1.54) is 12.4 Å². The number of rotatable bonds is 6. The number of hydrogen-bond acceptors (Lipinski definition) is 8. The second kappa shape index (κ2) is 8.79. The first-order valence-electron chi connectivity index (χ1n) is 10.9. The lowest BCUT2D eigenvalue weighted by molar-refractivity contribution is 0.405. The summed E-state index contributed by atoms with van der Waals surface area (Å²) in [5.41, 5.74) is 8.57. The number of fused-ring (bicyclic) bond motifs is 2. The molecule has 0 radical (unpaired) electrons. The van der Waals surface area contributed by atoms with Gasteiger partial charge in [-0.25, -0.2) is 19.4 Å². The van der Waals surface area contributed by atoms with Gasteiger partial charge in [0.25, 0.3) is 0 Å². The Bertz CT molecular complexity index is 1680. The summed E-state index contributed by atoms with van der Waals surface area (Å²) in [7, 11) is 0. The molecule has 172 valence electrons. The molecule has 0 spiro atoms. The van der Waals surface area contributed by atoms with E-state index in [0.717, 1.165) is 28.9 Å². The summed E-state index contributed by atoms with van der Waals surface area (Å²) in [5, 5.41) is 21.7. The van der Waals surface area contributed by atoms with Crippen LogP contribution < -0.4 is 11.4 Å². The lowest BCUT2D eigenvalue weighted by atomic mass is 9.96. The average molecular weight is 464 g/mol. The summed E-state index contributed by atoms with van der Waals surface area (Å²) in [6.07, 6.45) is 4.96. The Morgan fingerprint density at radius 2 is 1.77 bits per heavy atom. The minimum absolute atomic E-state index is 0.199. The van der Waals surface area contributed by atoms with Crippen LogP contribution in [-0.4, -0.2) is 32.2 Å². The summed E-state index contributed by atoms with van der Waals surface area (Å²) >= 11 is 0. The second-order valence-corrected chi connectivity index (χ2v) is 7.90. The van der Waals surface area contributed by atoms with Crippen LogP contribution in [0.1, 0.15) is 24.4 Å². The van der Waals surface area contributed by atoms with E-state index in [2.05, 4.69) is 9.97 Å². The summed E-state index contributed by atoms with van der Waals surface area (Å²) < 4.78 is 7.54. The molecule has 4 N–H and O–H groups in total. The number of anilines is 1. The zero-order valence-electron chi connectivity index (χ0n) is 18.8. The van der Waals surface area contributed by atoms with Gasteiger partial charge in [-0.2, -0.15) is 5.10 Å². The third-order valence-electron chi connectivity index (χ3n) is 5.88. The third kappa shape index (κ3) is 3.59. The maximum atomic E-state index is 13.0. The van der Waals surface area contributed by atoms with Crippen LogP contribution in [0.2, 0.25) is 0 Å². The molecule has 0 fully saturated rings. The predicted octanol–water partition coefficient (Wildman–Crippen LogP) is 4.47. The lowest BCUT2D eigenvalue weighted by Crippen LogP contribution is -2.14.